The Hall–Kier alpha value is -10.3. The van der Waals surface area contributed by atoms with Crippen LogP contribution in [-0.2, 0) is 73.6 Å². The number of nitrogens with zero attached hydrogens (tertiary/aromatic N) is 3. The first-order valence-electron chi connectivity index (χ1n) is 31.6. The van der Waals surface area contributed by atoms with E-state index in [-0.39, 0.29) is 94.4 Å². The summed E-state index contributed by atoms with van der Waals surface area (Å²) in [5.74, 6) is -7.62. The van der Waals surface area contributed by atoms with Gasteiger partial charge in [0.05, 0.1) is 12.9 Å². The van der Waals surface area contributed by atoms with Crippen LogP contribution in [0.2, 0.25) is 0 Å². The van der Waals surface area contributed by atoms with Crippen LogP contribution in [0.25, 0.3) is 21.8 Å². The van der Waals surface area contributed by atoms with Crippen LogP contribution in [0, 0.1) is 12.8 Å². The normalized spacial score (nSPS) is 17.0. The zero-order valence-electron chi connectivity index (χ0n) is 53.0. The maximum atomic E-state index is 15.2. The molecule has 502 valence electrons. The van der Waals surface area contributed by atoms with E-state index in [4.69, 9.17) is 11.5 Å². The number of carbonyl (C=O) groups is 10. The van der Waals surface area contributed by atoms with Crippen LogP contribution in [0.3, 0.4) is 0 Å². The lowest BCUT2D eigenvalue weighted by Gasteiger charge is -2.30. The number of nitrogens with one attached hydrogen (secondary N) is 12. The van der Waals surface area contributed by atoms with Gasteiger partial charge in [-0.25, -0.2) is 4.98 Å². The molecular formula is C65H85N17O12. The SMILES string of the molecule is CCNC(N)=NCCC[C@H](NC(=O)[C@H](CC(C)C)NC(=O)[C@@H](Cc1c(C)[nH]c2ccccc12)NC(=O)[C@H](Cc1ccc(O)cc1)NC(=O)[C@H](CO)NC(=O)[C@H](Cc1c[nH]c2ccccc12)NC(=O)[C@H](Cc1cnc[nH]1)NC(=O)[C@@H]1CCC(=O)N1)C(=O)N1CCC[C@H]1C(N)=O. The molecule has 9 atom stereocenters. The van der Waals surface area contributed by atoms with Crippen molar-refractivity contribution in [3.8, 4) is 5.75 Å². The van der Waals surface area contributed by atoms with Crippen LogP contribution in [-0.4, -0.2) is 181 Å². The summed E-state index contributed by atoms with van der Waals surface area (Å²) < 4.78 is 0. The third-order valence-electron chi connectivity index (χ3n) is 16.7. The number of aliphatic hydroxyl groups excluding tert-OH is 1. The number of rotatable bonds is 32. The van der Waals surface area contributed by atoms with Gasteiger partial charge in [0.25, 0.3) is 0 Å². The maximum absolute atomic E-state index is 15.2. The smallest absolute Gasteiger partial charge is 0.245 e. The molecule has 6 aromatic rings. The molecule has 0 bridgehead atoms. The highest BCUT2D eigenvalue weighted by Gasteiger charge is 2.40. The van der Waals surface area contributed by atoms with Crippen LogP contribution in [0.1, 0.15) is 93.8 Å². The summed E-state index contributed by atoms with van der Waals surface area (Å²) in [6.45, 7) is 7.24. The summed E-state index contributed by atoms with van der Waals surface area (Å²) in [4.78, 5) is 160. The zero-order chi connectivity index (χ0) is 67.6. The fraction of sp³-hybridized carbons (Fsp3) is 0.446. The van der Waals surface area contributed by atoms with Crippen LogP contribution in [0.5, 0.6) is 5.75 Å². The van der Waals surface area contributed by atoms with Crippen LogP contribution in [0.15, 0.2) is 96.5 Å². The fourth-order valence-corrected chi connectivity index (χ4v) is 11.8. The molecule has 0 saturated carbocycles. The quantitative estimate of drug-likeness (QED) is 0.0145. The van der Waals surface area contributed by atoms with Crippen molar-refractivity contribution < 1.29 is 58.2 Å². The predicted octanol–water partition coefficient (Wildman–Crippen LogP) is -0.452. The summed E-state index contributed by atoms with van der Waals surface area (Å²) in [7, 11) is 0. The van der Waals surface area contributed by atoms with Gasteiger partial charge in [0.15, 0.2) is 5.96 Å². The highest BCUT2D eigenvalue weighted by Crippen LogP contribution is 2.25. The Morgan fingerprint density at radius 1 is 0.702 bits per heavy atom. The highest BCUT2D eigenvalue weighted by atomic mass is 16.3. The number of phenols is 1. The number of aliphatic imine (C=N–C) groups is 1. The molecule has 94 heavy (non-hydrogen) atoms. The van der Waals surface area contributed by atoms with Crippen molar-refractivity contribution in [3.05, 3.63) is 120 Å². The number of aromatic hydroxyl groups is 1. The fourth-order valence-electron chi connectivity index (χ4n) is 11.8. The largest absolute Gasteiger partial charge is 0.508 e. The van der Waals surface area contributed by atoms with E-state index in [9.17, 15) is 48.6 Å². The molecule has 0 radical (unpaired) electrons. The Bertz CT molecular complexity index is 3700. The van der Waals surface area contributed by atoms with E-state index in [1.54, 1.807) is 31.3 Å². The second-order valence-corrected chi connectivity index (χ2v) is 24.1. The molecule has 0 unspecified atom stereocenters. The van der Waals surface area contributed by atoms with Gasteiger partial charge < -0.3 is 89.4 Å². The first kappa shape index (κ1) is 69.6. The molecule has 29 nitrogen and oxygen atoms in total. The van der Waals surface area contributed by atoms with Gasteiger partial charge >= 0.3 is 0 Å². The minimum Gasteiger partial charge on any atom is -0.508 e. The number of phenolic OH excluding ortho intramolecular Hbond substituents is 1. The molecule has 5 heterocycles. The van der Waals surface area contributed by atoms with Crippen molar-refractivity contribution in [3.63, 3.8) is 0 Å². The number of amides is 10. The van der Waals surface area contributed by atoms with Gasteiger partial charge in [0, 0.05) is 97.3 Å². The number of hydrogen-bond donors (Lipinski definition) is 16. The second-order valence-electron chi connectivity index (χ2n) is 24.1. The zero-order valence-corrected chi connectivity index (χ0v) is 53.0. The number of aliphatic hydroxyl groups is 1. The van der Waals surface area contributed by atoms with Gasteiger partial charge in [0.1, 0.15) is 60.1 Å². The molecule has 18 N–H and O–H groups in total. The number of hydrogen-bond acceptors (Lipinski definition) is 14. The van der Waals surface area contributed by atoms with Gasteiger partial charge in [-0.05, 0) is 99.2 Å². The average molecular weight is 1300 g/mol. The topological polar surface area (TPSA) is 447 Å². The summed E-state index contributed by atoms with van der Waals surface area (Å²) >= 11 is 0. The molecule has 2 aliphatic rings. The highest BCUT2D eigenvalue weighted by molar-refractivity contribution is 6.00. The van der Waals surface area contributed by atoms with E-state index in [0.29, 0.717) is 58.4 Å². The lowest BCUT2D eigenvalue weighted by atomic mass is 9.98. The first-order chi connectivity index (χ1) is 45.1. The number of fused-ring (bicyclic) bond motifs is 2. The number of aromatic amines is 3. The number of primary amides is 1. The Balaban J connectivity index is 1.06. The lowest BCUT2D eigenvalue weighted by Crippen LogP contribution is -2.61. The van der Waals surface area contributed by atoms with Crippen LogP contribution in [0.4, 0.5) is 0 Å². The number of aryl methyl sites for hydroxylation is 1. The molecular weight excluding hydrogens is 1210 g/mol. The van der Waals surface area contributed by atoms with Gasteiger partial charge in [-0.15, -0.1) is 0 Å². The third-order valence-corrected chi connectivity index (χ3v) is 16.7. The molecule has 3 aromatic heterocycles. The molecule has 29 heteroatoms. The molecule has 8 rings (SSSR count). The number of H-pyrrole nitrogens is 3. The Morgan fingerprint density at radius 2 is 1.30 bits per heavy atom. The van der Waals surface area contributed by atoms with Gasteiger partial charge in [-0.3, -0.25) is 52.9 Å². The summed E-state index contributed by atoms with van der Waals surface area (Å²) in [5, 5.41) is 47.3. The molecule has 2 fully saturated rings. The van der Waals surface area contributed by atoms with Crippen LogP contribution >= 0.6 is 0 Å². The van der Waals surface area contributed by atoms with Crippen molar-refractivity contribution in [2.45, 2.75) is 153 Å². The molecule has 2 saturated heterocycles. The summed E-state index contributed by atoms with van der Waals surface area (Å²) in [6.07, 6.45) is 5.35. The number of para-hydroxylation sites is 2. The van der Waals surface area contributed by atoms with Crippen molar-refractivity contribution in [1.29, 1.82) is 0 Å². The van der Waals surface area contributed by atoms with Crippen molar-refractivity contribution in [2.75, 3.05) is 26.2 Å². The monoisotopic (exact) mass is 1300 g/mol. The lowest BCUT2D eigenvalue weighted by molar-refractivity contribution is -0.141. The van der Waals surface area contributed by atoms with Crippen LogP contribution < -0.4 is 59.3 Å². The van der Waals surface area contributed by atoms with E-state index < -0.39 is 114 Å². The minimum absolute atomic E-state index is 0.0617. The van der Waals surface area contributed by atoms with E-state index in [1.165, 1.54) is 41.7 Å². The number of guanidine groups is 1. The Morgan fingerprint density at radius 3 is 1.93 bits per heavy atom. The molecule has 10 amide bonds. The standard InChI is InChI=1S/C65H85N17O12/c1-5-69-65(67)70-24-10-16-47(64(94)82-25-11-17-54(82)56(66)86)75-58(88)48(26-35(2)3)76-62(92)52(30-43-36(4)73-45-15-9-7-13-42(43)45)80-59(89)49(27-37-18-20-40(84)21-19-37)77-63(93)53(33-83)81-60(90)50(28-38-31-71-44-14-8-6-12-41(38)44)78-61(91)51(29-39-32-68-34-72-39)79-57(87)46-22-23-55(85)74-46/h6-9,12-15,18-21,31-32,34-35,46-54,71,73,83-84H,5,10-11,16-17,22-30,33H2,1-4H3,(H2,66,86)(H,68,72)(H,74,85)(H,75,88)(H,76,92)(H,77,93)(H,78,91)(H,79,87)(H,80,89)(H,81,90)(H3,67,69,70)/t46-,47-,48-,49-,50-,51-,52+,53-,54-/m0/s1. The van der Waals surface area contributed by atoms with Crippen molar-refractivity contribution in [1.82, 2.24) is 72.7 Å². The van der Waals surface area contributed by atoms with E-state index >= 15 is 9.59 Å². The van der Waals surface area contributed by atoms with E-state index in [0.717, 1.165) is 10.9 Å². The van der Waals surface area contributed by atoms with Gasteiger partial charge in [0.2, 0.25) is 59.1 Å². The third kappa shape index (κ3) is 18.7. The summed E-state index contributed by atoms with van der Waals surface area (Å²) in [6, 6.07) is 8.34. The molecule has 0 spiro atoms. The van der Waals surface area contributed by atoms with Gasteiger partial charge in [-0.2, -0.15) is 0 Å². The summed E-state index contributed by atoms with van der Waals surface area (Å²) in [5.41, 5.74) is 15.9. The molecule has 2 aliphatic heterocycles. The number of aromatic nitrogens is 4. The van der Waals surface area contributed by atoms with E-state index in [1.807, 2.05) is 51.1 Å². The minimum atomic E-state index is -1.79. The van der Waals surface area contributed by atoms with Gasteiger partial charge in [-0.1, -0.05) is 62.4 Å². The van der Waals surface area contributed by atoms with Crippen molar-refractivity contribution >= 4 is 86.8 Å². The molecule has 3 aromatic carbocycles. The second kappa shape index (κ2) is 32.8. The maximum Gasteiger partial charge on any atom is 0.245 e. The van der Waals surface area contributed by atoms with Crippen molar-refractivity contribution in [2.24, 2.45) is 22.4 Å². The number of carbonyl (C=O) groups excluding carboxylic acids is 10. The number of likely N-dealkylation sites (tertiary alicyclic amines) is 1. The number of imidazole rings is 1. The predicted molar refractivity (Wildman–Crippen MR) is 347 cm³/mol. The van der Waals surface area contributed by atoms with E-state index in [2.05, 4.69) is 72.8 Å². The number of nitrogens with two attached hydrogens (primary N) is 2. The Labute approximate surface area is 542 Å². The first-order valence-corrected chi connectivity index (χ1v) is 31.6. The average Bonchev–Trinajstić information content (AvgIpc) is 1.69. The number of benzene rings is 3. The molecule has 0 aliphatic carbocycles. The Kier molecular flexibility index (Phi) is 24.3.